The van der Waals surface area contributed by atoms with E-state index >= 15 is 0 Å². The number of benzene rings is 2. The van der Waals surface area contributed by atoms with Gasteiger partial charge in [-0.25, -0.2) is 4.39 Å². The van der Waals surface area contributed by atoms with Crippen LogP contribution in [0.4, 0.5) is 4.39 Å². The molecule has 176 valence electrons. The number of rotatable bonds is 5. The molecule has 0 saturated carbocycles. The van der Waals surface area contributed by atoms with E-state index in [9.17, 15) is 9.18 Å². The fourth-order valence-electron chi connectivity index (χ4n) is 5.11. The van der Waals surface area contributed by atoms with Crippen molar-refractivity contribution in [1.29, 1.82) is 0 Å². The number of nitrogens with zero attached hydrogens (tertiary/aromatic N) is 2. The zero-order chi connectivity index (χ0) is 22.3. The Bertz CT molecular complexity index is 1170. The molecule has 33 heavy (non-hydrogen) atoms. The lowest BCUT2D eigenvalue weighted by Gasteiger charge is -2.38. The molecule has 5 rings (SSSR count). The second kappa shape index (κ2) is 9.33. The number of hydrogen-bond acceptors (Lipinski definition) is 4. The first-order chi connectivity index (χ1) is 15.6. The molecular formula is C25H29ClFN3O3. The summed E-state index contributed by atoms with van der Waals surface area (Å²) in [5, 5.41) is 0.647. The molecular weight excluding hydrogens is 445 g/mol. The summed E-state index contributed by atoms with van der Waals surface area (Å²) in [6, 6.07) is 11.1. The second-order valence-corrected chi connectivity index (χ2v) is 8.76. The number of nitrogens with two attached hydrogens (primary N) is 1. The average Bonchev–Trinajstić information content (AvgIpc) is 3.37. The van der Waals surface area contributed by atoms with Crippen LogP contribution >= 0.6 is 12.4 Å². The van der Waals surface area contributed by atoms with E-state index in [1.165, 1.54) is 11.6 Å². The molecule has 1 saturated heterocycles. The van der Waals surface area contributed by atoms with Crippen LogP contribution in [0.2, 0.25) is 0 Å². The molecule has 8 heteroatoms. The minimum atomic E-state index is -0.328. The van der Waals surface area contributed by atoms with Gasteiger partial charge in [-0.2, -0.15) is 0 Å². The average molecular weight is 474 g/mol. The van der Waals surface area contributed by atoms with Crippen molar-refractivity contribution in [1.82, 2.24) is 9.47 Å². The maximum Gasteiger partial charge on any atom is 0.256 e. The van der Waals surface area contributed by atoms with E-state index in [1.807, 2.05) is 23.1 Å². The van der Waals surface area contributed by atoms with Crippen molar-refractivity contribution in [2.45, 2.75) is 31.3 Å². The van der Waals surface area contributed by atoms with Crippen molar-refractivity contribution < 1.29 is 18.7 Å². The highest BCUT2D eigenvalue weighted by atomic mass is 35.5. The normalized spacial score (nSPS) is 16.5. The maximum atomic E-state index is 14.6. The highest BCUT2D eigenvalue weighted by Gasteiger charge is 2.44. The number of likely N-dealkylation sites (tertiary alicyclic amines) is 1. The third kappa shape index (κ3) is 3.98. The molecule has 0 unspecified atom stereocenters. The zero-order valence-corrected chi connectivity index (χ0v) is 19.5. The van der Waals surface area contributed by atoms with Crippen LogP contribution in [0.25, 0.3) is 10.9 Å². The Morgan fingerprint density at radius 1 is 1.24 bits per heavy atom. The predicted octanol–water partition coefficient (Wildman–Crippen LogP) is 3.87. The van der Waals surface area contributed by atoms with Crippen molar-refractivity contribution in [3.63, 3.8) is 0 Å². The molecule has 0 aliphatic carbocycles. The number of methoxy groups -OCH3 is 1. The largest absolute Gasteiger partial charge is 0.492 e. The van der Waals surface area contributed by atoms with Gasteiger partial charge < -0.3 is 24.7 Å². The summed E-state index contributed by atoms with van der Waals surface area (Å²) in [5.74, 6) is 0.547. The van der Waals surface area contributed by atoms with Gasteiger partial charge in [-0.05, 0) is 30.5 Å². The molecule has 2 aliphatic heterocycles. The van der Waals surface area contributed by atoms with E-state index in [4.69, 9.17) is 15.2 Å². The number of piperidine rings is 1. The predicted molar refractivity (Wildman–Crippen MR) is 128 cm³/mol. The van der Waals surface area contributed by atoms with E-state index in [0.29, 0.717) is 55.9 Å². The number of carbonyl (C=O) groups excluding carboxylic acids is 1. The van der Waals surface area contributed by atoms with E-state index in [1.54, 1.807) is 23.9 Å². The first-order valence-electron chi connectivity index (χ1n) is 11.1. The van der Waals surface area contributed by atoms with Crippen LogP contribution in [-0.4, -0.2) is 48.8 Å². The Balaban J connectivity index is 0.00000259. The number of carbonyl (C=O) groups is 1. The van der Waals surface area contributed by atoms with Crippen LogP contribution < -0.4 is 10.5 Å². The monoisotopic (exact) mass is 473 g/mol. The summed E-state index contributed by atoms with van der Waals surface area (Å²) >= 11 is 0. The van der Waals surface area contributed by atoms with Crippen LogP contribution in [0.15, 0.2) is 42.6 Å². The summed E-state index contributed by atoms with van der Waals surface area (Å²) in [5.41, 5.74) is 9.08. The molecule has 1 aromatic heterocycles. The molecule has 0 radical (unpaired) electrons. The summed E-state index contributed by atoms with van der Waals surface area (Å²) in [6.07, 6.45) is 3.42. The van der Waals surface area contributed by atoms with Gasteiger partial charge >= 0.3 is 0 Å². The quantitative estimate of drug-likeness (QED) is 0.610. The second-order valence-electron chi connectivity index (χ2n) is 8.76. The summed E-state index contributed by atoms with van der Waals surface area (Å²) in [7, 11) is 1.61. The van der Waals surface area contributed by atoms with Crippen LogP contribution in [0, 0.1) is 5.82 Å². The van der Waals surface area contributed by atoms with Crippen LogP contribution in [0.1, 0.15) is 34.3 Å². The molecule has 3 aromatic rings. The van der Waals surface area contributed by atoms with Crippen LogP contribution in [-0.2, 0) is 23.2 Å². The third-order valence-corrected chi connectivity index (χ3v) is 6.98. The minimum Gasteiger partial charge on any atom is -0.492 e. The fraction of sp³-hybridized carbons (Fsp3) is 0.400. The summed E-state index contributed by atoms with van der Waals surface area (Å²) in [4.78, 5) is 15.4. The molecule has 2 aromatic carbocycles. The Morgan fingerprint density at radius 2 is 2.03 bits per heavy atom. The number of halogens is 2. The molecule has 0 bridgehead atoms. The molecule has 1 spiro atoms. The van der Waals surface area contributed by atoms with E-state index in [2.05, 4.69) is 6.07 Å². The fourth-order valence-corrected chi connectivity index (χ4v) is 5.11. The van der Waals surface area contributed by atoms with Gasteiger partial charge in [0.1, 0.15) is 11.6 Å². The van der Waals surface area contributed by atoms with Gasteiger partial charge in [-0.1, -0.05) is 24.3 Å². The number of hydrogen-bond donors (Lipinski definition) is 1. The SMILES string of the molecule is COCCn1cc(C(=O)N2CCC3(CC2)COc2ccc(CN)cc23)c2cccc(F)c21.Cl. The zero-order valence-electron chi connectivity index (χ0n) is 18.7. The Labute approximate surface area is 198 Å². The van der Waals surface area contributed by atoms with Crippen molar-refractivity contribution in [2.75, 3.05) is 33.4 Å². The molecule has 2 N–H and O–H groups in total. The Morgan fingerprint density at radius 3 is 2.76 bits per heavy atom. The van der Waals surface area contributed by atoms with Crippen LogP contribution in [0.3, 0.4) is 0 Å². The van der Waals surface area contributed by atoms with Gasteiger partial charge in [0, 0.05) is 55.9 Å². The van der Waals surface area contributed by atoms with Gasteiger partial charge in [0.05, 0.1) is 24.3 Å². The summed E-state index contributed by atoms with van der Waals surface area (Å²) in [6.45, 7) is 3.34. The van der Waals surface area contributed by atoms with E-state index < -0.39 is 0 Å². The molecule has 2 aliphatic rings. The van der Waals surface area contributed by atoms with Crippen molar-refractivity contribution >= 4 is 29.2 Å². The maximum absolute atomic E-state index is 14.6. The molecule has 1 amide bonds. The smallest absolute Gasteiger partial charge is 0.256 e. The lowest BCUT2D eigenvalue weighted by molar-refractivity contribution is 0.0648. The topological polar surface area (TPSA) is 69.7 Å². The van der Waals surface area contributed by atoms with Gasteiger partial charge in [0.25, 0.3) is 5.91 Å². The lowest BCUT2D eigenvalue weighted by Crippen LogP contribution is -2.46. The number of fused-ring (bicyclic) bond motifs is 3. The molecule has 3 heterocycles. The third-order valence-electron chi connectivity index (χ3n) is 6.98. The highest BCUT2D eigenvalue weighted by Crippen LogP contribution is 2.46. The van der Waals surface area contributed by atoms with Gasteiger partial charge in [0.2, 0.25) is 0 Å². The van der Waals surface area contributed by atoms with Gasteiger partial charge in [-0.3, -0.25) is 4.79 Å². The number of para-hydroxylation sites is 1. The number of aromatic nitrogens is 1. The van der Waals surface area contributed by atoms with E-state index in [0.717, 1.165) is 24.2 Å². The van der Waals surface area contributed by atoms with Crippen molar-refractivity contribution in [3.05, 3.63) is 65.1 Å². The van der Waals surface area contributed by atoms with Crippen molar-refractivity contribution in [3.8, 4) is 5.75 Å². The van der Waals surface area contributed by atoms with Gasteiger partial charge in [-0.15, -0.1) is 12.4 Å². The first kappa shape index (κ1) is 23.5. The lowest BCUT2D eigenvalue weighted by atomic mass is 9.74. The number of amides is 1. The van der Waals surface area contributed by atoms with E-state index in [-0.39, 0.29) is 29.5 Å². The van der Waals surface area contributed by atoms with Gasteiger partial charge in [0.15, 0.2) is 0 Å². The Kier molecular flexibility index (Phi) is 6.66. The first-order valence-corrected chi connectivity index (χ1v) is 11.1. The standard InChI is InChI=1S/C25H28FN3O3.ClH/c1-31-12-11-29-15-19(18-3-2-4-21(26)23(18)29)24(30)28-9-7-25(8-10-28)16-32-22-6-5-17(14-27)13-20(22)25;/h2-6,13,15H,7-12,14,16,27H2,1H3;1H. The molecule has 0 atom stereocenters. The molecule has 1 fully saturated rings. The van der Waals surface area contributed by atoms with Crippen molar-refractivity contribution in [2.24, 2.45) is 5.73 Å². The minimum absolute atomic E-state index is 0. The van der Waals surface area contributed by atoms with Crippen LogP contribution in [0.5, 0.6) is 5.75 Å². The Hall–Kier alpha value is -2.61. The highest BCUT2D eigenvalue weighted by molar-refractivity contribution is 6.07. The number of ether oxygens (including phenoxy) is 2. The summed E-state index contributed by atoms with van der Waals surface area (Å²) < 4.78 is 27.5. The molecule has 6 nitrogen and oxygen atoms in total.